The Labute approximate surface area is 86.5 Å². The molecule has 1 aliphatic rings. The molecule has 1 aliphatic heterocycles. The molecular weight excluding hydrogens is 170 g/mol. The first-order chi connectivity index (χ1) is 6.90. The third kappa shape index (κ3) is 2.16. The lowest BCUT2D eigenvalue weighted by atomic mass is 9.86. The van der Waals surface area contributed by atoms with Crippen LogP contribution in [0.5, 0.6) is 0 Å². The molecule has 0 aromatic heterocycles. The Kier molecular flexibility index (Phi) is 3.20. The Bertz CT molecular complexity index is 268. The van der Waals surface area contributed by atoms with Gasteiger partial charge in [0.2, 0.25) is 0 Å². The van der Waals surface area contributed by atoms with E-state index in [1.807, 2.05) is 0 Å². The standard InChI is InChI=1S/C13H19N/c1-2-13-10-12(8-9-14-13)11-6-4-3-5-7-11/h3-7,12-14H,2,8-10H2,1H3/t12-,13+/m1/s1. The highest BCUT2D eigenvalue weighted by Gasteiger charge is 2.20. The zero-order chi connectivity index (χ0) is 9.80. The van der Waals surface area contributed by atoms with Crippen LogP contribution in [0.1, 0.15) is 37.7 Å². The quantitative estimate of drug-likeness (QED) is 0.754. The molecule has 0 aliphatic carbocycles. The fourth-order valence-corrected chi connectivity index (χ4v) is 2.35. The van der Waals surface area contributed by atoms with Gasteiger partial charge in [0.15, 0.2) is 0 Å². The summed E-state index contributed by atoms with van der Waals surface area (Å²) in [7, 11) is 0. The van der Waals surface area contributed by atoms with Crippen molar-refractivity contribution in [3.05, 3.63) is 35.9 Å². The first kappa shape index (κ1) is 9.72. The summed E-state index contributed by atoms with van der Waals surface area (Å²) in [5.41, 5.74) is 1.52. The summed E-state index contributed by atoms with van der Waals surface area (Å²) < 4.78 is 0. The molecule has 2 rings (SSSR count). The summed E-state index contributed by atoms with van der Waals surface area (Å²) in [6.45, 7) is 3.45. The van der Waals surface area contributed by atoms with E-state index < -0.39 is 0 Å². The Morgan fingerprint density at radius 3 is 2.79 bits per heavy atom. The van der Waals surface area contributed by atoms with Gasteiger partial charge in [-0.2, -0.15) is 0 Å². The molecule has 0 bridgehead atoms. The van der Waals surface area contributed by atoms with Crippen molar-refractivity contribution in [3.63, 3.8) is 0 Å². The summed E-state index contributed by atoms with van der Waals surface area (Å²) in [6.07, 6.45) is 3.85. The molecule has 1 aromatic rings. The van der Waals surface area contributed by atoms with E-state index in [2.05, 4.69) is 42.6 Å². The molecule has 0 unspecified atom stereocenters. The molecule has 0 spiro atoms. The second-order valence-corrected chi connectivity index (χ2v) is 4.19. The van der Waals surface area contributed by atoms with E-state index in [4.69, 9.17) is 0 Å². The minimum atomic E-state index is 0.731. The van der Waals surface area contributed by atoms with Gasteiger partial charge in [-0.05, 0) is 37.3 Å². The van der Waals surface area contributed by atoms with Crippen LogP contribution in [0, 0.1) is 0 Å². The number of piperidine rings is 1. The van der Waals surface area contributed by atoms with Crippen molar-refractivity contribution in [2.75, 3.05) is 6.54 Å². The van der Waals surface area contributed by atoms with E-state index >= 15 is 0 Å². The Morgan fingerprint density at radius 2 is 2.07 bits per heavy atom. The van der Waals surface area contributed by atoms with Crippen molar-refractivity contribution in [2.24, 2.45) is 0 Å². The van der Waals surface area contributed by atoms with Crippen molar-refractivity contribution in [1.29, 1.82) is 0 Å². The Balaban J connectivity index is 2.04. The van der Waals surface area contributed by atoms with Crippen molar-refractivity contribution >= 4 is 0 Å². The molecule has 1 aromatic carbocycles. The van der Waals surface area contributed by atoms with Gasteiger partial charge in [0.1, 0.15) is 0 Å². The van der Waals surface area contributed by atoms with E-state index in [-0.39, 0.29) is 0 Å². The lowest BCUT2D eigenvalue weighted by Gasteiger charge is -2.30. The van der Waals surface area contributed by atoms with Gasteiger partial charge < -0.3 is 5.32 Å². The first-order valence-corrected chi connectivity index (χ1v) is 5.68. The minimum absolute atomic E-state index is 0.731. The van der Waals surface area contributed by atoms with Crippen LogP contribution in [0.15, 0.2) is 30.3 Å². The highest BCUT2D eigenvalue weighted by molar-refractivity contribution is 5.20. The van der Waals surface area contributed by atoms with Crippen molar-refractivity contribution in [3.8, 4) is 0 Å². The summed E-state index contributed by atoms with van der Waals surface area (Å²) >= 11 is 0. The maximum absolute atomic E-state index is 3.57. The molecule has 1 N–H and O–H groups in total. The van der Waals surface area contributed by atoms with Crippen LogP contribution in [-0.2, 0) is 0 Å². The normalized spacial score (nSPS) is 27.5. The largest absolute Gasteiger partial charge is 0.314 e. The summed E-state index contributed by atoms with van der Waals surface area (Å²) in [5.74, 6) is 0.780. The maximum Gasteiger partial charge on any atom is 0.00702 e. The van der Waals surface area contributed by atoms with Crippen LogP contribution in [-0.4, -0.2) is 12.6 Å². The predicted octanol–water partition coefficient (Wildman–Crippen LogP) is 2.93. The molecule has 1 saturated heterocycles. The molecule has 1 heteroatoms. The molecule has 0 radical (unpaired) electrons. The monoisotopic (exact) mass is 189 g/mol. The molecule has 14 heavy (non-hydrogen) atoms. The smallest absolute Gasteiger partial charge is 0.00702 e. The fourth-order valence-electron chi connectivity index (χ4n) is 2.35. The van der Waals surface area contributed by atoms with E-state index in [0.717, 1.165) is 12.0 Å². The molecule has 1 nitrogen and oxygen atoms in total. The van der Waals surface area contributed by atoms with Gasteiger partial charge >= 0.3 is 0 Å². The number of nitrogens with one attached hydrogen (secondary N) is 1. The number of benzene rings is 1. The van der Waals surface area contributed by atoms with Crippen molar-refractivity contribution in [2.45, 2.75) is 38.1 Å². The molecule has 1 fully saturated rings. The Morgan fingerprint density at radius 1 is 1.29 bits per heavy atom. The van der Waals surface area contributed by atoms with Crippen LogP contribution >= 0.6 is 0 Å². The van der Waals surface area contributed by atoms with Gasteiger partial charge in [0, 0.05) is 6.04 Å². The molecule has 2 atom stereocenters. The van der Waals surface area contributed by atoms with Crippen LogP contribution in [0.3, 0.4) is 0 Å². The second kappa shape index (κ2) is 4.61. The second-order valence-electron chi connectivity index (χ2n) is 4.19. The summed E-state index contributed by atoms with van der Waals surface area (Å²) in [6, 6.07) is 11.7. The average molecular weight is 189 g/mol. The van der Waals surface area contributed by atoms with Gasteiger partial charge in [-0.25, -0.2) is 0 Å². The topological polar surface area (TPSA) is 12.0 Å². The van der Waals surface area contributed by atoms with Crippen molar-refractivity contribution in [1.82, 2.24) is 5.32 Å². The molecule has 76 valence electrons. The zero-order valence-electron chi connectivity index (χ0n) is 8.87. The van der Waals surface area contributed by atoms with Crippen LogP contribution < -0.4 is 5.32 Å². The summed E-state index contributed by atoms with van der Waals surface area (Å²) in [4.78, 5) is 0. The first-order valence-electron chi connectivity index (χ1n) is 5.68. The fraction of sp³-hybridized carbons (Fsp3) is 0.538. The van der Waals surface area contributed by atoms with Crippen LogP contribution in [0.4, 0.5) is 0 Å². The van der Waals surface area contributed by atoms with Gasteiger partial charge in [0.05, 0.1) is 0 Å². The molecule has 0 saturated carbocycles. The predicted molar refractivity (Wildman–Crippen MR) is 60.5 cm³/mol. The Hall–Kier alpha value is -0.820. The summed E-state index contributed by atoms with van der Waals surface area (Å²) in [5, 5.41) is 3.57. The minimum Gasteiger partial charge on any atom is -0.314 e. The SMILES string of the molecule is CC[C@H]1C[C@H](c2ccccc2)CCN1. The van der Waals surface area contributed by atoms with Gasteiger partial charge in [-0.1, -0.05) is 37.3 Å². The lowest BCUT2D eigenvalue weighted by Crippen LogP contribution is -2.36. The zero-order valence-corrected chi connectivity index (χ0v) is 8.87. The van der Waals surface area contributed by atoms with Gasteiger partial charge in [0.25, 0.3) is 0 Å². The lowest BCUT2D eigenvalue weighted by molar-refractivity contribution is 0.355. The van der Waals surface area contributed by atoms with Gasteiger partial charge in [-0.15, -0.1) is 0 Å². The molecule has 1 heterocycles. The van der Waals surface area contributed by atoms with Crippen LogP contribution in [0.25, 0.3) is 0 Å². The van der Waals surface area contributed by atoms with Crippen molar-refractivity contribution < 1.29 is 0 Å². The molecular formula is C13H19N. The van der Waals surface area contributed by atoms with Crippen LogP contribution in [0.2, 0.25) is 0 Å². The number of hydrogen-bond donors (Lipinski definition) is 1. The maximum atomic E-state index is 3.57. The van der Waals surface area contributed by atoms with E-state index in [0.29, 0.717) is 0 Å². The third-order valence-corrected chi connectivity index (χ3v) is 3.26. The van der Waals surface area contributed by atoms with E-state index in [1.54, 1.807) is 0 Å². The average Bonchev–Trinajstić information content (AvgIpc) is 2.30. The number of hydrogen-bond acceptors (Lipinski definition) is 1. The van der Waals surface area contributed by atoms with Gasteiger partial charge in [-0.3, -0.25) is 0 Å². The third-order valence-electron chi connectivity index (χ3n) is 3.26. The molecule has 0 amide bonds. The highest BCUT2D eigenvalue weighted by Crippen LogP contribution is 2.28. The van der Waals surface area contributed by atoms with E-state index in [1.165, 1.54) is 31.4 Å². The van der Waals surface area contributed by atoms with E-state index in [9.17, 15) is 0 Å². The number of rotatable bonds is 2. The highest BCUT2D eigenvalue weighted by atomic mass is 14.9.